The van der Waals surface area contributed by atoms with Crippen molar-refractivity contribution in [3.05, 3.63) is 0 Å². The lowest BCUT2D eigenvalue weighted by Crippen LogP contribution is -2.46. The quantitative estimate of drug-likeness (QED) is 0.593. The van der Waals surface area contributed by atoms with Crippen molar-refractivity contribution in [2.75, 3.05) is 13.6 Å². The summed E-state index contributed by atoms with van der Waals surface area (Å²) in [6.07, 6.45) is 0. The summed E-state index contributed by atoms with van der Waals surface area (Å²) in [4.78, 5) is 13.1. The van der Waals surface area contributed by atoms with E-state index in [2.05, 4.69) is 0 Å². The van der Waals surface area contributed by atoms with Crippen LogP contribution in [0.1, 0.15) is 27.7 Å². The van der Waals surface area contributed by atoms with Crippen LogP contribution in [0.3, 0.4) is 0 Å². The molecule has 0 aliphatic carbocycles. The summed E-state index contributed by atoms with van der Waals surface area (Å²) in [6.45, 7) is 8.47. The highest BCUT2D eigenvalue weighted by Crippen LogP contribution is 2.11. The maximum absolute atomic E-state index is 11.0. The molecule has 2 heteroatoms. The van der Waals surface area contributed by atoms with Gasteiger partial charge >= 0.3 is 0 Å². The van der Waals surface area contributed by atoms with Crippen molar-refractivity contribution in [3.63, 3.8) is 0 Å². The molecule has 0 spiro atoms. The standard InChI is InChI=1S/C8H17NO/c1-6-9(5)8(3,4)7(2)10/h6H2,1-5H3. The van der Waals surface area contributed by atoms with Crippen LogP contribution in [0.15, 0.2) is 0 Å². The van der Waals surface area contributed by atoms with E-state index in [9.17, 15) is 4.79 Å². The van der Waals surface area contributed by atoms with Gasteiger partial charge in [0.1, 0.15) is 5.78 Å². The summed E-state index contributed by atoms with van der Waals surface area (Å²) in [7, 11) is 1.96. The van der Waals surface area contributed by atoms with Gasteiger partial charge in [-0.05, 0) is 34.4 Å². The van der Waals surface area contributed by atoms with Gasteiger partial charge in [0.15, 0.2) is 0 Å². The van der Waals surface area contributed by atoms with Crippen LogP contribution in [0.2, 0.25) is 0 Å². The monoisotopic (exact) mass is 143 g/mol. The van der Waals surface area contributed by atoms with Gasteiger partial charge in [-0.3, -0.25) is 9.69 Å². The zero-order chi connectivity index (χ0) is 8.36. The summed E-state index contributed by atoms with van der Waals surface area (Å²) in [5, 5.41) is 0. The van der Waals surface area contributed by atoms with Gasteiger partial charge in [0.05, 0.1) is 5.54 Å². The lowest BCUT2D eigenvalue weighted by atomic mass is 9.99. The predicted molar refractivity (Wildman–Crippen MR) is 43.1 cm³/mol. The van der Waals surface area contributed by atoms with Gasteiger partial charge in [-0.1, -0.05) is 6.92 Å². The maximum Gasteiger partial charge on any atom is 0.149 e. The SMILES string of the molecule is CCN(C)C(C)(C)C(C)=O. The Morgan fingerprint density at radius 1 is 1.50 bits per heavy atom. The summed E-state index contributed by atoms with van der Waals surface area (Å²) in [5.41, 5.74) is -0.297. The minimum atomic E-state index is -0.297. The fourth-order valence-corrected chi connectivity index (χ4v) is 0.664. The van der Waals surface area contributed by atoms with E-state index in [1.54, 1.807) is 6.92 Å². The number of carbonyl (C=O) groups is 1. The van der Waals surface area contributed by atoms with Crippen LogP contribution in [0.5, 0.6) is 0 Å². The van der Waals surface area contributed by atoms with Gasteiger partial charge in [-0.25, -0.2) is 0 Å². The molecule has 0 aliphatic heterocycles. The fourth-order valence-electron chi connectivity index (χ4n) is 0.664. The second-order valence-electron chi connectivity index (χ2n) is 3.13. The molecule has 0 bridgehead atoms. The van der Waals surface area contributed by atoms with Gasteiger partial charge in [-0.2, -0.15) is 0 Å². The Hall–Kier alpha value is -0.370. The number of hydrogen-bond acceptors (Lipinski definition) is 2. The third-order valence-corrected chi connectivity index (χ3v) is 2.29. The number of hydrogen-bond donors (Lipinski definition) is 0. The number of Topliss-reactive ketones (excluding diaryl/α,β-unsaturated/α-hetero) is 1. The van der Waals surface area contributed by atoms with Crippen molar-refractivity contribution in [2.24, 2.45) is 0 Å². The molecule has 0 aromatic rings. The number of ketones is 1. The van der Waals surface area contributed by atoms with Crippen LogP contribution in [-0.2, 0) is 4.79 Å². The Morgan fingerprint density at radius 3 is 2.00 bits per heavy atom. The minimum absolute atomic E-state index is 0.219. The molecule has 0 fully saturated rings. The Balaban J connectivity index is 4.23. The molecular weight excluding hydrogens is 126 g/mol. The Labute approximate surface area is 63.2 Å². The van der Waals surface area contributed by atoms with Crippen LogP contribution in [0.25, 0.3) is 0 Å². The third-order valence-electron chi connectivity index (χ3n) is 2.29. The molecule has 0 heterocycles. The second-order valence-corrected chi connectivity index (χ2v) is 3.13. The van der Waals surface area contributed by atoms with Crippen LogP contribution in [-0.4, -0.2) is 29.8 Å². The number of carbonyl (C=O) groups excluding carboxylic acids is 1. The van der Waals surface area contributed by atoms with Crippen LogP contribution in [0, 0.1) is 0 Å². The summed E-state index contributed by atoms with van der Waals surface area (Å²) in [5.74, 6) is 0.219. The van der Waals surface area contributed by atoms with Crippen molar-refractivity contribution < 1.29 is 4.79 Å². The first-order valence-corrected chi connectivity index (χ1v) is 3.65. The smallest absolute Gasteiger partial charge is 0.149 e. The highest BCUT2D eigenvalue weighted by Gasteiger charge is 2.26. The minimum Gasteiger partial charge on any atom is -0.298 e. The van der Waals surface area contributed by atoms with Gasteiger partial charge in [0, 0.05) is 0 Å². The van der Waals surface area contributed by atoms with Crippen LogP contribution in [0.4, 0.5) is 0 Å². The van der Waals surface area contributed by atoms with Crippen LogP contribution < -0.4 is 0 Å². The molecule has 0 aromatic carbocycles. The average Bonchev–Trinajstić information content (AvgIpc) is 1.86. The number of nitrogens with zero attached hydrogens (tertiary/aromatic N) is 1. The van der Waals surface area contributed by atoms with E-state index in [1.165, 1.54) is 0 Å². The van der Waals surface area contributed by atoms with Gasteiger partial charge in [0.25, 0.3) is 0 Å². The first-order chi connectivity index (χ1) is 4.42. The van der Waals surface area contributed by atoms with Gasteiger partial charge in [0.2, 0.25) is 0 Å². The molecule has 0 rings (SSSR count). The maximum atomic E-state index is 11.0. The zero-order valence-corrected chi connectivity index (χ0v) is 7.56. The molecule has 0 N–H and O–H groups in total. The zero-order valence-electron chi connectivity index (χ0n) is 7.56. The number of rotatable bonds is 3. The Bertz CT molecular complexity index is 129. The molecule has 0 saturated carbocycles. The first kappa shape index (κ1) is 9.63. The molecular formula is C8H17NO. The summed E-state index contributed by atoms with van der Waals surface area (Å²) >= 11 is 0. The molecule has 0 saturated heterocycles. The first-order valence-electron chi connectivity index (χ1n) is 3.65. The molecule has 60 valence electrons. The molecule has 0 aliphatic rings. The lowest BCUT2D eigenvalue weighted by molar-refractivity contribution is -0.126. The van der Waals surface area contributed by atoms with E-state index in [0.717, 1.165) is 6.54 Å². The fraction of sp³-hybridized carbons (Fsp3) is 0.875. The molecule has 10 heavy (non-hydrogen) atoms. The largest absolute Gasteiger partial charge is 0.298 e. The van der Waals surface area contributed by atoms with E-state index in [-0.39, 0.29) is 11.3 Å². The molecule has 0 amide bonds. The average molecular weight is 143 g/mol. The van der Waals surface area contributed by atoms with Crippen molar-refractivity contribution in [1.82, 2.24) is 4.90 Å². The van der Waals surface area contributed by atoms with Crippen LogP contribution >= 0.6 is 0 Å². The van der Waals surface area contributed by atoms with E-state index in [4.69, 9.17) is 0 Å². The van der Waals surface area contributed by atoms with Gasteiger partial charge < -0.3 is 0 Å². The Morgan fingerprint density at radius 2 is 1.90 bits per heavy atom. The lowest BCUT2D eigenvalue weighted by Gasteiger charge is -2.31. The third kappa shape index (κ3) is 1.81. The van der Waals surface area contributed by atoms with Gasteiger partial charge in [-0.15, -0.1) is 0 Å². The second kappa shape index (κ2) is 3.15. The van der Waals surface area contributed by atoms with Crippen molar-refractivity contribution in [3.8, 4) is 0 Å². The molecule has 2 nitrogen and oxygen atoms in total. The summed E-state index contributed by atoms with van der Waals surface area (Å²) in [6, 6.07) is 0. The number of likely N-dealkylation sites (N-methyl/N-ethyl adjacent to an activating group) is 1. The normalized spacial score (nSPS) is 12.2. The van der Waals surface area contributed by atoms with E-state index in [0.29, 0.717) is 0 Å². The van der Waals surface area contributed by atoms with E-state index < -0.39 is 0 Å². The molecule has 0 atom stereocenters. The van der Waals surface area contributed by atoms with E-state index in [1.807, 2.05) is 32.7 Å². The molecule has 0 radical (unpaired) electrons. The summed E-state index contributed by atoms with van der Waals surface area (Å²) < 4.78 is 0. The predicted octanol–water partition coefficient (Wildman–Crippen LogP) is 1.31. The van der Waals surface area contributed by atoms with Crippen molar-refractivity contribution >= 4 is 5.78 Å². The van der Waals surface area contributed by atoms with Crippen molar-refractivity contribution in [2.45, 2.75) is 33.2 Å². The van der Waals surface area contributed by atoms with E-state index >= 15 is 0 Å². The molecule has 0 aromatic heterocycles. The van der Waals surface area contributed by atoms with Crippen molar-refractivity contribution in [1.29, 1.82) is 0 Å². The molecule has 0 unspecified atom stereocenters. The highest BCUT2D eigenvalue weighted by molar-refractivity contribution is 5.85. The topological polar surface area (TPSA) is 20.3 Å². The highest BCUT2D eigenvalue weighted by atomic mass is 16.1. The Kier molecular flexibility index (Phi) is 3.03.